The number of aliphatic hydroxyl groups is 1. The molecule has 2 aromatic heterocycles. The van der Waals surface area contributed by atoms with E-state index in [0.29, 0.717) is 6.54 Å². The Labute approximate surface area is 112 Å². The summed E-state index contributed by atoms with van der Waals surface area (Å²) in [6.45, 7) is 8.36. The van der Waals surface area contributed by atoms with Crippen LogP contribution in [0.2, 0.25) is 0 Å². The van der Waals surface area contributed by atoms with E-state index in [1.165, 1.54) is 0 Å². The first kappa shape index (κ1) is 12.6. The van der Waals surface area contributed by atoms with Gasteiger partial charge in [0.05, 0.1) is 11.3 Å². The summed E-state index contributed by atoms with van der Waals surface area (Å²) in [5, 5.41) is 9.98. The zero-order valence-electron chi connectivity index (χ0n) is 11.7. The van der Waals surface area contributed by atoms with Crippen LogP contribution in [0.15, 0.2) is 12.3 Å². The highest BCUT2D eigenvalue weighted by Crippen LogP contribution is 2.22. The minimum atomic E-state index is -0.552. The maximum absolute atomic E-state index is 9.98. The first-order valence-electron chi connectivity index (χ1n) is 6.70. The smallest absolute Gasteiger partial charge is 0.234 e. The molecule has 1 aliphatic heterocycles. The number of aryl methyl sites for hydroxylation is 2. The molecule has 19 heavy (non-hydrogen) atoms. The number of rotatable bonds is 2. The molecule has 0 bridgehead atoms. The van der Waals surface area contributed by atoms with Gasteiger partial charge in [0.1, 0.15) is 0 Å². The van der Waals surface area contributed by atoms with Crippen LogP contribution in [0, 0.1) is 13.8 Å². The topological polar surface area (TPSA) is 53.7 Å². The molecule has 102 valence electrons. The van der Waals surface area contributed by atoms with E-state index in [9.17, 15) is 5.11 Å². The fourth-order valence-corrected chi connectivity index (χ4v) is 2.80. The van der Waals surface area contributed by atoms with Crippen molar-refractivity contribution in [1.29, 1.82) is 0 Å². The summed E-state index contributed by atoms with van der Waals surface area (Å²) in [6, 6.07) is 2.05. The molecular formula is C14H20N4O. The average Bonchev–Trinajstić information content (AvgIpc) is 2.82. The van der Waals surface area contributed by atoms with E-state index >= 15 is 0 Å². The van der Waals surface area contributed by atoms with Gasteiger partial charge in [0.2, 0.25) is 5.78 Å². The van der Waals surface area contributed by atoms with E-state index < -0.39 is 5.60 Å². The van der Waals surface area contributed by atoms with Crippen molar-refractivity contribution in [2.75, 3.05) is 13.1 Å². The lowest BCUT2D eigenvalue weighted by atomic mass is 10.1. The van der Waals surface area contributed by atoms with Gasteiger partial charge in [0.15, 0.2) is 0 Å². The third kappa shape index (κ3) is 2.48. The van der Waals surface area contributed by atoms with Crippen molar-refractivity contribution in [1.82, 2.24) is 19.3 Å². The summed E-state index contributed by atoms with van der Waals surface area (Å²) in [7, 11) is 0. The second-order valence-corrected chi connectivity index (χ2v) is 5.90. The summed E-state index contributed by atoms with van der Waals surface area (Å²) in [5.74, 6) is 0.762. The lowest BCUT2D eigenvalue weighted by Crippen LogP contribution is -2.29. The molecule has 0 aromatic carbocycles. The number of imidazole rings is 1. The van der Waals surface area contributed by atoms with Crippen LogP contribution in [0.5, 0.6) is 0 Å². The van der Waals surface area contributed by atoms with Crippen molar-refractivity contribution >= 4 is 5.78 Å². The Morgan fingerprint density at radius 1 is 1.37 bits per heavy atom. The number of β-amino-alcohol motifs (C(OH)–C–C–N with tert-alkyl or cyclic N) is 1. The molecule has 0 saturated carbocycles. The summed E-state index contributed by atoms with van der Waals surface area (Å²) in [5.41, 5.74) is 2.60. The highest BCUT2D eigenvalue weighted by Gasteiger charge is 2.31. The van der Waals surface area contributed by atoms with Crippen LogP contribution in [0.3, 0.4) is 0 Å². The third-order valence-electron chi connectivity index (χ3n) is 3.73. The molecule has 0 amide bonds. The zero-order valence-corrected chi connectivity index (χ0v) is 11.7. The van der Waals surface area contributed by atoms with Crippen LogP contribution in [0.25, 0.3) is 5.78 Å². The second-order valence-electron chi connectivity index (χ2n) is 5.90. The SMILES string of the molecule is Cc1cc(C)n2cc(CN3CCC(C)(O)C3)nc2n1. The van der Waals surface area contributed by atoms with Gasteiger partial charge in [-0.2, -0.15) is 0 Å². The molecule has 1 atom stereocenters. The fourth-order valence-electron chi connectivity index (χ4n) is 2.80. The van der Waals surface area contributed by atoms with Crippen molar-refractivity contribution in [3.05, 3.63) is 29.3 Å². The zero-order chi connectivity index (χ0) is 13.6. The molecule has 0 spiro atoms. The van der Waals surface area contributed by atoms with Crippen molar-refractivity contribution < 1.29 is 5.11 Å². The summed E-state index contributed by atoms with van der Waals surface area (Å²) in [6.07, 6.45) is 2.88. The van der Waals surface area contributed by atoms with Crippen LogP contribution in [0.1, 0.15) is 30.4 Å². The third-order valence-corrected chi connectivity index (χ3v) is 3.73. The maximum Gasteiger partial charge on any atom is 0.234 e. The lowest BCUT2D eigenvalue weighted by molar-refractivity contribution is 0.0677. The molecule has 1 N–H and O–H groups in total. The molecule has 0 radical (unpaired) electrons. The Bertz CT molecular complexity index is 617. The number of aromatic nitrogens is 3. The molecule has 1 aliphatic rings. The molecule has 0 aliphatic carbocycles. The van der Waals surface area contributed by atoms with Gasteiger partial charge in [-0.05, 0) is 33.3 Å². The normalized spacial score (nSPS) is 24.4. The number of hydrogen-bond donors (Lipinski definition) is 1. The minimum Gasteiger partial charge on any atom is -0.389 e. The Hall–Kier alpha value is -1.46. The quantitative estimate of drug-likeness (QED) is 0.884. The Morgan fingerprint density at radius 2 is 2.16 bits per heavy atom. The molecule has 2 aromatic rings. The van der Waals surface area contributed by atoms with E-state index in [1.54, 1.807) is 0 Å². The molecule has 5 nitrogen and oxygen atoms in total. The molecular weight excluding hydrogens is 240 g/mol. The number of fused-ring (bicyclic) bond motifs is 1. The minimum absolute atomic E-state index is 0.552. The van der Waals surface area contributed by atoms with Crippen LogP contribution in [-0.2, 0) is 6.54 Å². The van der Waals surface area contributed by atoms with Gasteiger partial charge in [0.25, 0.3) is 0 Å². The summed E-state index contributed by atoms with van der Waals surface area (Å²) in [4.78, 5) is 11.3. The van der Waals surface area contributed by atoms with Crippen molar-refractivity contribution in [3.63, 3.8) is 0 Å². The van der Waals surface area contributed by atoms with Crippen molar-refractivity contribution in [3.8, 4) is 0 Å². The second kappa shape index (κ2) is 4.28. The molecule has 3 heterocycles. The standard InChI is InChI=1S/C14H20N4O/c1-10-6-11(2)18-8-12(16-13(18)15-10)7-17-5-4-14(3,19)9-17/h6,8,19H,4-5,7,9H2,1-3H3. The van der Waals surface area contributed by atoms with E-state index in [1.807, 2.05) is 24.4 Å². The van der Waals surface area contributed by atoms with Crippen molar-refractivity contribution in [2.24, 2.45) is 0 Å². The van der Waals surface area contributed by atoms with Crippen LogP contribution >= 0.6 is 0 Å². The van der Waals surface area contributed by atoms with Gasteiger partial charge >= 0.3 is 0 Å². The Balaban J connectivity index is 1.84. The Morgan fingerprint density at radius 3 is 2.84 bits per heavy atom. The van der Waals surface area contributed by atoms with Crippen LogP contribution in [-0.4, -0.2) is 43.1 Å². The molecule has 1 unspecified atom stereocenters. The largest absolute Gasteiger partial charge is 0.389 e. The predicted octanol–water partition coefficient (Wildman–Crippen LogP) is 1.30. The van der Waals surface area contributed by atoms with Gasteiger partial charge < -0.3 is 5.11 Å². The molecule has 3 rings (SSSR count). The van der Waals surface area contributed by atoms with Gasteiger partial charge in [-0.1, -0.05) is 0 Å². The maximum atomic E-state index is 9.98. The fraction of sp³-hybridized carbons (Fsp3) is 0.571. The number of likely N-dealkylation sites (tertiary alicyclic amines) is 1. The summed E-state index contributed by atoms with van der Waals surface area (Å²) < 4.78 is 2.02. The number of nitrogens with zero attached hydrogens (tertiary/aromatic N) is 4. The van der Waals surface area contributed by atoms with Crippen LogP contribution in [0.4, 0.5) is 0 Å². The first-order valence-corrected chi connectivity index (χ1v) is 6.70. The summed E-state index contributed by atoms with van der Waals surface area (Å²) >= 11 is 0. The Kier molecular flexibility index (Phi) is 2.83. The molecule has 5 heteroatoms. The number of hydrogen-bond acceptors (Lipinski definition) is 4. The van der Waals surface area contributed by atoms with Crippen molar-refractivity contribution in [2.45, 2.75) is 39.3 Å². The van der Waals surface area contributed by atoms with Crippen LogP contribution < -0.4 is 0 Å². The van der Waals surface area contributed by atoms with Gasteiger partial charge in [-0.3, -0.25) is 9.30 Å². The lowest BCUT2D eigenvalue weighted by Gasteiger charge is -2.17. The highest BCUT2D eigenvalue weighted by molar-refractivity contribution is 5.34. The van der Waals surface area contributed by atoms with Gasteiger partial charge in [-0.25, -0.2) is 9.97 Å². The average molecular weight is 260 g/mol. The molecule has 1 saturated heterocycles. The van der Waals surface area contributed by atoms with Gasteiger partial charge in [-0.15, -0.1) is 0 Å². The predicted molar refractivity (Wildman–Crippen MR) is 73.0 cm³/mol. The van der Waals surface area contributed by atoms with E-state index in [-0.39, 0.29) is 0 Å². The highest BCUT2D eigenvalue weighted by atomic mass is 16.3. The molecule has 1 fully saturated rings. The van der Waals surface area contributed by atoms with E-state index in [0.717, 1.165) is 42.4 Å². The van der Waals surface area contributed by atoms with E-state index in [2.05, 4.69) is 27.9 Å². The first-order chi connectivity index (χ1) is 8.93. The monoisotopic (exact) mass is 260 g/mol. The van der Waals surface area contributed by atoms with Gasteiger partial charge in [0, 0.05) is 37.2 Å². The van der Waals surface area contributed by atoms with E-state index in [4.69, 9.17) is 0 Å².